The molecule has 2 aliphatic rings. The number of aliphatic hydroxyl groups is 1. The number of rotatable bonds is 8. The predicted molar refractivity (Wildman–Crippen MR) is 93.2 cm³/mol. The Hall–Kier alpha value is -2.06. The Morgan fingerprint density at radius 2 is 2.00 bits per heavy atom. The van der Waals surface area contributed by atoms with Crippen LogP contribution in [-0.2, 0) is 23.9 Å². The fourth-order valence-corrected chi connectivity index (χ4v) is 3.44. The molecule has 1 fully saturated rings. The molecule has 0 amide bonds. The third-order valence-electron chi connectivity index (χ3n) is 4.90. The molecule has 0 bridgehead atoms. The van der Waals surface area contributed by atoms with E-state index < -0.39 is 30.1 Å². The highest BCUT2D eigenvalue weighted by Gasteiger charge is 2.39. The van der Waals surface area contributed by atoms with Crippen LogP contribution in [0.5, 0.6) is 0 Å². The van der Waals surface area contributed by atoms with E-state index in [1.807, 2.05) is 6.08 Å². The highest BCUT2D eigenvalue weighted by Crippen LogP contribution is 2.23. The summed E-state index contributed by atoms with van der Waals surface area (Å²) in [7, 11) is 0. The van der Waals surface area contributed by atoms with E-state index in [2.05, 4.69) is 0 Å². The van der Waals surface area contributed by atoms with Crippen LogP contribution in [0.2, 0.25) is 0 Å². The molecule has 8 heteroatoms. The lowest BCUT2D eigenvalue weighted by molar-refractivity contribution is -0.131. The summed E-state index contributed by atoms with van der Waals surface area (Å²) >= 11 is 0. The van der Waals surface area contributed by atoms with Gasteiger partial charge in [-0.05, 0) is 44.6 Å². The van der Waals surface area contributed by atoms with Gasteiger partial charge in [0.1, 0.15) is 24.6 Å². The van der Waals surface area contributed by atoms with E-state index in [9.17, 15) is 24.3 Å². The third kappa shape index (κ3) is 6.88. The molecule has 0 aliphatic heterocycles. The minimum absolute atomic E-state index is 0.0251. The molecule has 8 nitrogen and oxygen atoms in total. The van der Waals surface area contributed by atoms with Crippen molar-refractivity contribution in [3.05, 3.63) is 12.2 Å². The Morgan fingerprint density at radius 1 is 1.22 bits per heavy atom. The van der Waals surface area contributed by atoms with Gasteiger partial charge in [0.05, 0.1) is 12.0 Å². The van der Waals surface area contributed by atoms with Gasteiger partial charge in [-0.3, -0.25) is 14.4 Å². The van der Waals surface area contributed by atoms with Crippen molar-refractivity contribution < 1.29 is 38.9 Å². The Labute approximate surface area is 157 Å². The van der Waals surface area contributed by atoms with Crippen LogP contribution < -0.4 is 0 Å². The number of carbonyl (C=O) groups is 4. The van der Waals surface area contributed by atoms with Crippen molar-refractivity contribution in [2.45, 2.75) is 69.7 Å². The van der Waals surface area contributed by atoms with Crippen molar-refractivity contribution in [1.29, 1.82) is 0 Å². The minimum atomic E-state index is -1.29. The summed E-state index contributed by atoms with van der Waals surface area (Å²) in [5.74, 6) is -1.55. The number of aliphatic hydroxyl groups excluding tert-OH is 1. The monoisotopic (exact) mass is 382 g/mol. The van der Waals surface area contributed by atoms with Crippen molar-refractivity contribution in [1.82, 2.24) is 0 Å². The van der Waals surface area contributed by atoms with Crippen LogP contribution in [0, 0.1) is 5.92 Å². The zero-order chi connectivity index (χ0) is 19.8. The molecular weight excluding hydrogens is 356 g/mol. The zero-order valence-corrected chi connectivity index (χ0v) is 15.2. The molecule has 0 heterocycles. The molecule has 0 radical (unpaired) electrons. The molecule has 2 N–H and O–H groups in total. The highest BCUT2D eigenvalue weighted by atomic mass is 16.7. The molecule has 4 unspecified atom stereocenters. The van der Waals surface area contributed by atoms with Gasteiger partial charge in [0.15, 0.2) is 11.6 Å². The smallest absolute Gasteiger partial charge is 0.450 e. The first-order valence-corrected chi connectivity index (χ1v) is 9.31. The van der Waals surface area contributed by atoms with Gasteiger partial charge in [-0.1, -0.05) is 6.08 Å². The quantitative estimate of drug-likeness (QED) is 0.370. The van der Waals surface area contributed by atoms with Crippen LogP contribution in [0.4, 0.5) is 4.79 Å². The first-order valence-electron chi connectivity index (χ1n) is 9.31. The largest absolute Gasteiger partial charge is 0.506 e. The van der Waals surface area contributed by atoms with Crippen molar-refractivity contribution in [2.75, 3.05) is 6.61 Å². The van der Waals surface area contributed by atoms with Gasteiger partial charge in [-0.2, -0.15) is 0 Å². The lowest BCUT2D eigenvalue weighted by Crippen LogP contribution is -2.22. The number of ether oxygens (including phenoxy) is 2. The molecule has 27 heavy (non-hydrogen) atoms. The molecule has 1 saturated carbocycles. The Morgan fingerprint density at radius 3 is 2.67 bits per heavy atom. The van der Waals surface area contributed by atoms with Gasteiger partial charge in [-0.25, -0.2) is 4.79 Å². The average Bonchev–Trinajstić information content (AvgIpc) is 2.82. The molecule has 0 saturated heterocycles. The van der Waals surface area contributed by atoms with E-state index in [1.165, 1.54) is 0 Å². The molecule has 0 aromatic heterocycles. The van der Waals surface area contributed by atoms with Gasteiger partial charge in [0.2, 0.25) is 0 Å². The number of hydrogen-bond donors (Lipinski definition) is 2. The maximum atomic E-state index is 12.0. The van der Waals surface area contributed by atoms with E-state index in [0.29, 0.717) is 25.7 Å². The van der Waals surface area contributed by atoms with Gasteiger partial charge in [0, 0.05) is 12.8 Å². The summed E-state index contributed by atoms with van der Waals surface area (Å²) in [4.78, 5) is 45.8. The van der Waals surface area contributed by atoms with Crippen LogP contribution in [0.15, 0.2) is 12.2 Å². The molecule has 0 spiro atoms. The van der Waals surface area contributed by atoms with E-state index in [0.717, 1.165) is 6.42 Å². The lowest BCUT2D eigenvalue weighted by Gasteiger charge is -2.20. The minimum Gasteiger partial charge on any atom is -0.450 e. The summed E-state index contributed by atoms with van der Waals surface area (Å²) in [6.45, 7) is -0.0251. The summed E-state index contributed by atoms with van der Waals surface area (Å²) in [6.07, 6.45) is 3.89. The number of carboxylic acid groups (broad SMARTS) is 1. The molecular formula is C19H26O8. The fraction of sp³-hybridized carbons (Fsp3) is 0.684. The number of hydrogen-bond acceptors (Lipinski definition) is 7. The third-order valence-corrected chi connectivity index (χ3v) is 4.90. The Kier molecular flexibility index (Phi) is 8.12. The standard InChI is InChI=1S/C19H26O8/c20-12(4-1-9-15-16(21)10-17(22)18(15)23)11-26-13-5-2-7-14(8-3-6-13)27-19(24)25/h2,7,13-15,17,22H,1,3-6,8-11H2,(H,24,25)/b7-2+. The molecule has 2 rings (SSSR count). The highest BCUT2D eigenvalue weighted by molar-refractivity contribution is 6.11. The van der Waals surface area contributed by atoms with Gasteiger partial charge in [0.25, 0.3) is 0 Å². The maximum Gasteiger partial charge on any atom is 0.506 e. The topological polar surface area (TPSA) is 127 Å². The second-order valence-corrected chi connectivity index (χ2v) is 7.02. The van der Waals surface area contributed by atoms with Gasteiger partial charge >= 0.3 is 6.16 Å². The second-order valence-electron chi connectivity index (χ2n) is 7.02. The van der Waals surface area contributed by atoms with Crippen LogP contribution in [0.1, 0.15) is 51.4 Å². The molecule has 150 valence electrons. The van der Waals surface area contributed by atoms with E-state index >= 15 is 0 Å². The molecule has 4 atom stereocenters. The summed E-state index contributed by atoms with van der Waals surface area (Å²) < 4.78 is 10.4. The number of carbonyl (C=O) groups excluding carboxylic acids is 3. The summed E-state index contributed by atoms with van der Waals surface area (Å²) in [5, 5.41) is 18.0. The maximum absolute atomic E-state index is 12.0. The van der Waals surface area contributed by atoms with Crippen LogP contribution in [0.25, 0.3) is 0 Å². The predicted octanol–water partition coefficient (Wildman–Crippen LogP) is 1.82. The lowest BCUT2D eigenvalue weighted by atomic mass is 9.98. The normalized spacial score (nSPS) is 29.8. The average molecular weight is 382 g/mol. The van der Waals surface area contributed by atoms with Gasteiger partial charge in [-0.15, -0.1) is 0 Å². The van der Waals surface area contributed by atoms with E-state index in [1.54, 1.807) is 6.08 Å². The zero-order valence-electron chi connectivity index (χ0n) is 15.2. The van der Waals surface area contributed by atoms with Crippen molar-refractivity contribution in [2.24, 2.45) is 5.92 Å². The molecule has 0 aromatic rings. The van der Waals surface area contributed by atoms with Crippen LogP contribution in [0.3, 0.4) is 0 Å². The summed E-state index contributed by atoms with van der Waals surface area (Å²) in [5.41, 5.74) is 0. The van der Waals surface area contributed by atoms with Crippen LogP contribution >= 0.6 is 0 Å². The van der Waals surface area contributed by atoms with Gasteiger partial charge < -0.3 is 19.7 Å². The molecule has 2 aliphatic carbocycles. The van der Waals surface area contributed by atoms with Crippen molar-refractivity contribution >= 4 is 23.5 Å². The number of ketones is 3. The van der Waals surface area contributed by atoms with E-state index in [4.69, 9.17) is 14.6 Å². The first-order chi connectivity index (χ1) is 12.9. The summed E-state index contributed by atoms with van der Waals surface area (Å²) in [6, 6.07) is 0. The van der Waals surface area contributed by atoms with E-state index in [-0.39, 0.29) is 43.5 Å². The Bertz CT molecular complexity index is 597. The van der Waals surface area contributed by atoms with Crippen molar-refractivity contribution in [3.8, 4) is 0 Å². The second kappa shape index (κ2) is 10.3. The van der Waals surface area contributed by atoms with Crippen LogP contribution in [-0.4, -0.2) is 58.6 Å². The molecule has 0 aromatic carbocycles. The first kappa shape index (κ1) is 21.2. The Balaban J connectivity index is 1.65. The van der Waals surface area contributed by atoms with Crippen molar-refractivity contribution in [3.63, 3.8) is 0 Å². The SMILES string of the molecule is O=C(CCCC1C(=O)CC(O)C1=O)COC1C/C=C/C(OC(=O)O)CCC1. The fourth-order valence-electron chi connectivity index (χ4n) is 3.44. The number of Topliss-reactive ketones (excluding diaryl/α,β-unsaturated/α-hetero) is 3.